The van der Waals surface area contributed by atoms with Crippen molar-refractivity contribution in [3.8, 4) is 0 Å². The van der Waals surface area contributed by atoms with Gasteiger partial charge in [-0.3, -0.25) is 0 Å². The maximum Gasteiger partial charge on any atom is 0.264 e. The van der Waals surface area contributed by atoms with Crippen LogP contribution in [0.5, 0.6) is 0 Å². The molecule has 0 amide bonds. The van der Waals surface area contributed by atoms with Gasteiger partial charge in [-0.25, -0.2) is 0 Å². The van der Waals surface area contributed by atoms with Crippen molar-refractivity contribution in [3.63, 3.8) is 0 Å². The molecule has 0 bridgehead atoms. The Kier molecular flexibility index (Phi) is 8.91. The molecule has 9 aromatic rings. The zero-order valence-electron chi connectivity index (χ0n) is 44.9. The summed E-state index contributed by atoms with van der Waals surface area (Å²) in [6.45, 7) is 32.2. The average molecular weight is 961 g/mol. The molecule has 2 aliphatic heterocycles. The first kappa shape index (κ1) is 44.9. The Bertz CT molecular complexity index is 3870. The lowest BCUT2D eigenvalue weighted by atomic mass is 9.35. The molecule has 5 aliphatic rings. The third-order valence-electron chi connectivity index (χ3n) is 19.4. The molecular formula is C67H69BN2OS. The Balaban J connectivity index is 1.13. The van der Waals surface area contributed by atoms with Gasteiger partial charge in [0.15, 0.2) is 0 Å². The molecule has 3 nitrogen and oxygen atoms in total. The van der Waals surface area contributed by atoms with Crippen LogP contribution in [0.3, 0.4) is 0 Å². The fraction of sp³-hybridized carbons (Fsp3) is 0.373. The second-order valence-electron chi connectivity index (χ2n) is 27.0. The molecule has 3 aliphatic carbocycles. The van der Waals surface area contributed by atoms with Crippen LogP contribution in [-0.4, -0.2) is 6.71 Å². The Morgan fingerprint density at radius 1 is 0.458 bits per heavy atom. The van der Waals surface area contributed by atoms with Crippen LogP contribution in [0, 0.1) is 6.92 Å². The van der Waals surface area contributed by atoms with Crippen LogP contribution in [0.25, 0.3) is 42.8 Å². The summed E-state index contributed by atoms with van der Waals surface area (Å²) in [5.74, 6) is 0. The molecule has 0 saturated heterocycles. The molecular weight excluding hydrogens is 892 g/mol. The van der Waals surface area contributed by atoms with Gasteiger partial charge in [-0.2, -0.15) is 0 Å². The van der Waals surface area contributed by atoms with E-state index in [2.05, 4.69) is 220 Å². The highest BCUT2D eigenvalue weighted by Gasteiger charge is 2.49. The quantitative estimate of drug-likeness (QED) is 0.161. The van der Waals surface area contributed by atoms with Crippen molar-refractivity contribution < 1.29 is 4.42 Å². The Hall–Kier alpha value is -5.78. The first-order valence-corrected chi connectivity index (χ1v) is 27.9. The molecule has 5 heteroatoms. The number of fused-ring (bicyclic) bond motifs is 13. The third-order valence-corrected chi connectivity index (χ3v) is 20.6. The summed E-state index contributed by atoms with van der Waals surface area (Å²) in [6.07, 6.45) is 7.08. The van der Waals surface area contributed by atoms with Crippen LogP contribution in [0.4, 0.5) is 34.1 Å². The molecule has 2 aromatic heterocycles. The molecule has 7 aromatic carbocycles. The van der Waals surface area contributed by atoms with Crippen LogP contribution in [-0.2, 0) is 32.5 Å². The minimum atomic E-state index is 0.0243. The number of thiophene rings is 1. The van der Waals surface area contributed by atoms with E-state index in [0.717, 1.165) is 23.0 Å². The topological polar surface area (TPSA) is 19.6 Å². The summed E-state index contributed by atoms with van der Waals surface area (Å²) in [4.78, 5) is 5.43. The Morgan fingerprint density at radius 2 is 1.01 bits per heavy atom. The van der Waals surface area contributed by atoms with Gasteiger partial charge in [0.1, 0.15) is 11.2 Å². The van der Waals surface area contributed by atoms with Crippen molar-refractivity contribution >= 4 is 111 Å². The van der Waals surface area contributed by atoms with Gasteiger partial charge in [-0.05, 0) is 205 Å². The van der Waals surface area contributed by atoms with Crippen molar-refractivity contribution in [2.45, 2.75) is 161 Å². The maximum absolute atomic E-state index is 6.89. The van der Waals surface area contributed by atoms with E-state index in [1.165, 1.54) is 147 Å². The number of rotatable bonds is 2. The zero-order chi connectivity index (χ0) is 50.0. The molecule has 0 fully saturated rings. The van der Waals surface area contributed by atoms with Crippen LogP contribution in [0.1, 0.15) is 161 Å². The van der Waals surface area contributed by atoms with E-state index in [-0.39, 0.29) is 39.2 Å². The zero-order valence-corrected chi connectivity index (χ0v) is 45.7. The number of furan rings is 1. The summed E-state index contributed by atoms with van der Waals surface area (Å²) in [5, 5.41) is 6.15. The second kappa shape index (κ2) is 14.3. The van der Waals surface area contributed by atoms with Crippen LogP contribution >= 0.6 is 11.3 Å². The normalized spacial score (nSPS) is 20.3. The average Bonchev–Trinajstić information content (AvgIpc) is 3.89. The van der Waals surface area contributed by atoms with Gasteiger partial charge in [-0.1, -0.05) is 126 Å². The van der Waals surface area contributed by atoms with Crippen molar-refractivity contribution in [1.82, 2.24) is 0 Å². The smallest absolute Gasteiger partial charge is 0.264 e. The predicted molar refractivity (Wildman–Crippen MR) is 311 cm³/mol. The highest BCUT2D eigenvalue weighted by atomic mass is 32.1. The monoisotopic (exact) mass is 961 g/mol. The number of aryl methyl sites for hydroxylation is 1. The molecule has 4 heterocycles. The van der Waals surface area contributed by atoms with E-state index in [1.54, 1.807) is 0 Å². The van der Waals surface area contributed by atoms with E-state index in [0.29, 0.717) is 0 Å². The van der Waals surface area contributed by atoms with Gasteiger partial charge in [0.25, 0.3) is 6.71 Å². The summed E-state index contributed by atoms with van der Waals surface area (Å²) in [6, 6.07) is 43.4. The maximum atomic E-state index is 6.89. The van der Waals surface area contributed by atoms with Crippen molar-refractivity contribution in [2.75, 3.05) is 9.80 Å². The van der Waals surface area contributed by atoms with Gasteiger partial charge in [0.05, 0.1) is 16.8 Å². The Labute approximate surface area is 431 Å². The fourth-order valence-electron chi connectivity index (χ4n) is 14.7. The number of nitrogens with zero attached hydrogens (tertiary/aromatic N) is 2. The third kappa shape index (κ3) is 6.10. The largest absolute Gasteiger partial charge is 0.456 e. The van der Waals surface area contributed by atoms with E-state index in [1.807, 2.05) is 0 Å². The molecule has 362 valence electrons. The first-order chi connectivity index (χ1) is 34.0. The van der Waals surface area contributed by atoms with E-state index in [9.17, 15) is 0 Å². The molecule has 0 saturated carbocycles. The number of hydrogen-bond donors (Lipinski definition) is 0. The minimum Gasteiger partial charge on any atom is -0.456 e. The second-order valence-corrected chi connectivity index (χ2v) is 28.1. The van der Waals surface area contributed by atoms with Crippen molar-refractivity contribution in [2.24, 2.45) is 0 Å². The van der Waals surface area contributed by atoms with Crippen LogP contribution in [0.2, 0.25) is 0 Å². The van der Waals surface area contributed by atoms with E-state index < -0.39 is 0 Å². The summed E-state index contributed by atoms with van der Waals surface area (Å²) >= 11 is 2.07. The molecule has 0 radical (unpaired) electrons. The molecule has 72 heavy (non-hydrogen) atoms. The van der Waals surface area contributed by atoms with Crippen molar-refractivity contribution in [1.29, 1.82) is 0 Å². The van der Waals surface area contributed by atoms with Gasteiger partial charge in [0, 0.05) is 43.0 Å². The number of hydrogen-bond acceptors (Lipinski definition) is 4. The minimum absolute atomic E-state index is 0.0243. The number of anilines is 6. The highest BCUT2D eigenvalue weighted by molar-refractivity contribution is 7.33. The van der Waals surface area contributed by atoms with E-state index in [4.69, 9.17) is 4.42 Å². The number of benzene rings is 7. The summed E-state index contributed by atoms with van der Waals surface area (Å²) in [7, 11) is 0. The lowest BCUT2D eigenvalue weighted by Crippen LogP contribution is -2.61. The van der Waals surface area contributed by atoms with Crippen molar-refractivity contribution in [3.05, 3.63) is 148 Å². The Morgan fingerprint density at radius 3 is 1.67 bits per heavy atom. The van der Waals surface area contributed by atoms with Gasteiger partial charge < -0.3 is 14.2 Å². The molecule has 0 unspecified atom stereocenters. The van der Waals surface area contributed by atoms with Crippen LogP contribution in [0.15, 0.2) is 114 Å². The lowest BCUT2D eigenvalue weighted by Gasteiger charge is -2.47. The lowest BCUT2D eigenvalue weighted by molar-refractivity contribution is 0.332. The molecule has 14 rings (SSSR count). The van der Waals surface area contributed by atoms with Gasteiger partial charge in [0.2, 0.25) is 0 Å². The van der Waals surface area contributed by atoms with E-state index >= 15 is 0 Å². The summed E-state index contributed by atoms with van der Waals surface area (Å²) in [5.41, 5.74) is 23.1. The van der Waals surface area contributed by atoms with Crippen LogP contribution < -0.4 is 25.5 Å². The standard InChI is InChI=1S/C67H69BN2OS/c1-38-29-53-59-54(30-38)70(51-19-16-20-55-58(51)42-31-39-17-14-15-18-40(39)32-56(42)71-55)52-36-48-47(65(8,9)26-27-66(48,10)11)35-50(52)68(59)61-60(43-34-46-49(37-57(43)72-61)67(12,13)28-25-64(46,6)7)69(53)41-21-22-44-45(33-41)63(4,5)24-23-62(44,2)3/h14-22,29-37H,23-28H2,1-13H3. The molecule has 0 atom stereocenters. The molecule has 0 spiro atoms. The first-order valence-electron chi connectivity index (χ1n) is 27.1. The fourth-order valence-corrected chi connectivity index (χ4v) is 16.0. The SMILES string of the molecule is Cc1cc2c3c(c1)N(c1cccc4oc5cc6ccccc6cc5c14)c1cc4c(cc1B3c1sc3cc5c(cc3c1N2c1ccc2c(c1)C(C)(C)CCC2(C)C)C(C)(C)CCC5(C)C)C(C)(C)CCC4(C)C. The van der Waals surface area contributed by atoms with Gasteiger partial charge >= 0.3 is 0 Å². The predicted octanol–water partition coefficient (Wildman–Crippen LogP) is 17.4. The van der Waals surface area contributed by atoms with Gasteiger partial charge in [-0.15, -0.1) is 11.3 Å². The summed E-state index contributed by atoms with van der Waals surface area (Å²) < 4.78 is 9.76. The highest BCUT2D eigenvalue weighted by Crippen LogP contribution is 2.56. The molecule has 0 N–H and O–H groups in total.